The summed E-state index contributed by atoms with van der Waals surface area (Å²) in [5.41, 5.74) is 1.23. The molecule has 1 nitrogen and oxygen atoms in total. The van der Waals surface area contributed by atoms with Gasteiger partial charge in [0.15, 0.2) is 0 Å². The molecule has 80 valence electrons. The van der Waals surface area contributed by atoms with Gasteiger partial charge in [0.05, 0.1) is 0 Å². The Morgan fingerprint density at radius 2 is 2.07 bits per heavy atom. The number of halogens is 2. The fourth-order valence-corrected chi connectivity index (χ4v) is 1.73. The molecule has 0 atom stereocenters. The van der Waals surface area contributed by atoms with Crippen molar-refractivity contribution in [3.63, 3.8) is 0 Å². The first-order chi connectivity index (χ1) is 7.04. The normalized spacial score (nSPS) is 13.1. The number of hydrogen-bond acceptors (Lipinski definition) is 1. The summed E-state index contributed by atoms with van der Waals surface area (Å²) >= 11 is 5.60. The second-order valence-corrected chi connectivity index (χ2v) is 4.95. The highest BCUT2D eigenvalue weighted by Crippen LogP contribution is 2.09. The predicted molar refractivity (Wildman–Crippen MR) is 77.6 cm³/mol. The summed E-state index contributed by atoms with van der Waals surface area (Å²) in [6.45, 7) is 4.12. The monoisotopic (exact) mass is 378 g/mol. The molecule has 0 aliphatic rings. The van der Waals surface area contributed by atoms with Crippen molar-refractivity contribution in [1.82, 2.24) is 0 Å². The number of rotatable bonds is 1. The molecule has 0 aliphatic heterocycles. The van der Waals surface area contributed by atoms with Crippen LogP contribution in [-0.2, 0) is 0 Å². The molecule has 0 radical (unpaired) electrons. The average Bonchev–Trinajstić information content (AvgIpc) is 2.17. The Morgan fingerprint density at radius 3 is 2.60 bits per heavy atom. The Kier molecular flexibility index (Phi) is 4.86. The highest BCUT2D eigenvalue weighted by molar-refractivity contribution is 14.1. The maximum absolute atomic E-state index is 9.44. The van der Waals surface area contributed by atoms with Crippen molar-refractivity contribution in [2.24, 2.45) is 0 Å². The van der Waals surface area contributed by atoms with E-state index in [0.717, 1.165) is 14.9 Å². The van der Waals surface area contributed by atoms with Crippen molar-refractivity contribution in [2.45, 2.75) is 13.8 Å². The highest BCUT2D eigenvalue weighted by Gasteiger charge is 1.92. The van der Waals surface area contributed by atoms with Gasteiger partial charge in [0, 0.05) is 4.48 Å². The van der Waals surface area contributed by atoms with E-state index in [0.29, 0.717) is 5.75 Å². The Labute approximate surface area is 111 Å². The van der Waals surface area contributed by atoms with E-state index in [1.165, 1.54) is 5.57 Å². The summed E-state index contributed by atoms with van der Waals surface area (Å²) in [6, 6.07) is 5.41. The number of aromatic hydroxyl groups is 1. The molecular weight excluding hydrogens is 367 g/mol. The molecule has 15 heavy (non-hydrogen) atoms. The minimum atomic E-state index is 0.292. The van der Waals surface area contributed by atoms with Crippen LogP contribution in [0.2, 0.25) is 0 Å². The van der Waals surface area contributed by atoms with Crippen LogP contribution < -0.4 is 10.4 Å². The van der Waals surface area contributed by atoms with Gasteiger partial charge in [0.1, 0.15) is 5.75 Å². The van der Waals surface area contributed by atoms with E-state index in [4.69, 9.17) is 0 Å². The van der Waals surface area contributed by atoms with Crippen molar-refractivity contribution in [3.05, 3.63) is 37.2 Å². The lowest BCUT2D eigenvalue weighted by atomic mass is 10.1. The van der Waals surface area contributed by atoms with Crippen LogP contribution in [0.25, 0.3) is 11.6 Å². The molecule has 0 saturated carbocycles. The fraction of sp³-hybridized carbons (Fsp3) is 0.167. The van der Waals surface area contributed by atoms with Gasteiger partial charge in [-0.1, -0.05) is 50.2 Å². The van der Waals surface area contributed by atoms with Gasteiger partial charge in [-0.25, -0.2) is 0 Å². The third-order valence-corrected chi connectivity index (χ3v) is 3.96. The number of phenols is 1. The lowest BCUT2D eigenvalue weighted by Crippen LogP contribution is -2.25. The molecule has 0 amide bonds. The topological polar surface area (TPSA) is 20.2 Å². The summed E-state index contributed by atoms with van der Waals surface area (Å²) < 4.78 is 2.94. The van der Waals surface area contributed by atoms with E-state index in [-0.39, 0.29) is 0 Å². The van der Waals surface area contributed by atoms with Gasteiger partial charge in [-0.3, -0.25) is 0 Å². The lowest BCUT2D eigenvalue weighted by Gasteiger charge is -1.96. The quantitative estimate of drug-likeness (QED) is 0.745. The van der Waals surface area contributed by atoms with E-state index >= 15 is 0 Å². The summed E-state index contributed by atoms with van der Waals surface area (Å²) in [5.74, 6) is 0.292. The third-order valence-electron chi connectivity index (χ3n) is 1.97. The Hall–Kier alpha value is -0.290. The smallest absolute Gasteiger partial charge is 0.116 e. The van der Waals surface area contributed by atoms with Gasteiger partial charge in [0.25, 0.3) is 0 Å². The predicted octanol–water partition coefficient (Wildman–Crippen LogP) is 3.03. The molecule has 0 bridgehead atoms. The maximum atomic E-state index is 9.44. The molecule has 1 rings (SSSR count). The standard InChI is InChI=1S/C12H12BrIO/c1-8(2)12-4-3-11(15)6-9(12)5-10(13)7-14/h3-7,15H,1-2H3/b9-5-,10-7+. The Bertz CT molecular complexity index is 499. The van der Waals surface area contributed by atoms with E-state index in [1.807, 2.05) is 16.2 Å². The fourth-order valence-electron chi connectivity index (χ4n) is 1.30. The largest absolute Gasteiger partial charge is 0.508 e. The van der Waals surface area contributed by atoms with E-state index in [2.05, 4.69) is 52.4 Å². The van der Waals surface area contributed by atoms with Gasteiger partial charge in [0.2, 0.25) is 0 Å². The van der Waals surface area contributed by atoms with Gasteiger partial charge in [-0.05, 0) is 46.6 Å². The van der Waals surface area contributed by atoms with Gasteiger partial charge in [-0.15, -0.1) is 0 Å². The molecule has 1 aromatic carbocycles. The first-order valence-corrected chi connectivity index (χ1v) is 6.52. The Morgan fingerprint density at radius 1 is 1.40 bits per heavy atom. The molecule has 1 N–H and O–H groups in total. The van der Waals surface area contributed by atoms with Crippen LogP contribution in [-0.4, -0.2) is 5.11 Å². The zero-order valence-electron chi connectivity index (χ0n) is 8.59. The number of benzene rings is 1. The minimum Gasteiger partial charge on any atom is -0.508 e. The SMILES string of the molecule is CC(C)=c1ccc(O)c/c1=C/C(Br)=C\I. The first kappa shape index (κ1) is 12.8. The van der Waals surface area contributed by atoms with Crippen LogP contribution >= 0.6 is 38.5 Å². The van der Waals surface area contributed by atoms with E-state index < -0.39 is 0 Å². The summed E-state index contributed by atoms with van der Waals surface area (Å²) in [5, 5.41) is 11.6. The molecule has 0 spiro atoms. The zero-order chi connectivity index (χ0) is 11.4. The minimum absolute atomic E-state index is 0.292. The molecule has 3 heteroatoms. The number of allylic oxidation sites excluding steroid dienone is 1. The molecule has 0 fully saturated rings. The maximum Gasteiger partial charge on any atom is 0.116 e. The number of hydrogen-bond donors (Lipinski definition) is 1. The number of phenolic OH excluding ortho intramolecular Hbond substituents is 1. The average molecular weight is 379 g/mol. The van der Waals surface area contributed by atoms with E-state index in [9.17, 15) is 5.11 Å². The van der Waals surface area contributed by atoms with Crippen LogP contribution in [0.1, 0.15) is 13.8 Å². The van der Waals surface area contributed by atoms with E-state index in [1.54, 1.807) is 12.1 Å². The van der Waals surface area contributed by atoms with Gasteiger partial charge < -0.3 is 5.11 Å². The summed E-state index contributed by atoms with van der Waals surface area (Å²) in [6.07, 6.45) is 1.99. The second-order valence-electron chi connectivity index (χ2n) is 3.41. The van der Waals surface area contributed by atoms with Crippen LogP contribution in [0.15, 0.2) is 26.8 Å². The summed E-state index contributed by atoms with van der Waals surface area (Å²) in [7, 11) is 0. The zero-order valence-corrected chi connectivity index (χ0v) is 12.3. The van der Waals surface area contributed by atoms with Crippen molar-refractivity contribution < 1.29 is 5.11 Å². The van der Waals surface area contributed by atoms with Gasteiger partial charge >= 0.3 is 0 Å². The molecule has 0 heterocycles. The summed E-state index contributed by atoms with van der Waals surface area (Å²) in [4.78, 5) is 0. The van der Waals surface area contributed by atoms with Crippen LogP contribution in [0.3, 0.4) is 0 Å². The molecule has 0 saturated heterocycles. The first-order valence-electron chi connectivity index (χ1n) is 4.48. The van der Waals surface area contributed by atoms with Gasteiger partial charge in [-0.2, -0.15) is 0 Å². The molecule has 0 unspecified atom stereocenters. The van der Waals surface area contributed by atoms with Crippen molar-refractivity contribution in [2.75, 3.05) is 0 Å². The van der Waals surface area contributed by atoms with Crippen LogP contribution in [0, 0.1) is 0 Å². The lowest BCUT2D eigenvalue weighted by molar-refractivity contribution is 0.474. The second kappa shape index (κ2) is 5.70. The Balaban J connectivity index is 3.60. The third kappa shape index (κ3) is 3.65. The molecule has 1 aromatic rings. The van der Waals surface area contributed by atoms with Crippen molar-refractivity contribution in [3.8, 4) is 5.75 Å². The van der Waals surface area contributed by atoms with Crippen LogP contribution in [0.5, 0.6) is 5.75 Å². The van der Waals surface area contributed by atoms with Crippen molar-refractivity contribution >= 4 is 50.2 Å². The van der Waals surface area contributed by atoms with Crippen LogP contribution in [0.4, 0.5) is 0 Å². The molecular formula is C12H12BrIO. The van der Waals surface area contributed by atoms with Crippen molar-refractivity contribution in [1.29, 1.82) is 0 Å². The highest BCUT2D eigenvalue weighted by atomic mass is 127. The molecule has 0 aromatic heterocycles. The molecule has 0 aliphatic carbocycles.